The van der Waals surface area contributed by atoms with Crippen LogP contribution in [-0.4, -0.2) is 30.6 Å². The van der Waals surface area contributed by atoms with Gasteiger partial charge in [0.1, 0.15) is 0 Å². The molecule has 0 aliphatic rings. The number of nitrogens with zero attached hydrogens (tertiary/aromatic N) is 1. The van der Waals surface area contributed by atoms with Crippen LogP contribution in [0.1, 0.15) is 55.9 Å². The third-order valence-corrected chi connectivity index (χ3v) is 4.47. The van der Waals surface area contributed by atoms with Crippen LogP contribution in [-0.2, 0) is 6.54 Å². The minimum Gasteiger partial charge on any atom is -0.310 e. The molecule has 0 saturated heterocycles. The number of aryl methyl sites for hydroxylation is 3. The molecule has 1 unspecified atom stereocenters. The molecule has 1 N–H and O–H groups in total. The van der Waals surface area contributed by atoms with Crippen molar-refractivity contribution < 1.29 is 0 Å². The molecular weight excluding hydrogens is 256 g/mol. The lowest BCUT2D eigenvalue weighted by molar-refractivity contribution is 0.290. The van der Waals surface area contributed by atoms with Gasteiger partial charge in [0, 0.05) is 12.6 Å². The highest BCUT2D eigenvalue weighted by atomic mass is 15.1. The fourth-order valence-electron chi connectivity index (χ4n) is 3.03. The Bertz CT molecular complexity index is 399. The van der Waals surface area contributed by atoms with Crippen molar-refractivity contribution >= 4 is 0 Å². The quantitative estimate of drug-likeness (QED) is 0.733. The summed E-state index contributed by atoms with van der Waals surface area (Å²) in [5, 5.41) is 3.69. The van der Waals surface area contributed by atoms with Crippen molar-refractivity contribution in [3.05, 3.63) is 34.4 Å². The van der Waals surface area contributed by atoms with Gasteiger partial charge < -0.3 is 10.2 Å². The molecule has 1 aromatic rings. The van der Waals surface area contributed by atoms with Gasteiger partial charge in [-0.2, -0.15) is 0 Å². The van der Waals surface area contributed by atoms with Gasteiger partial charge in [-0.05, 0) is 76.9 Å². The summed E-state index contributed by atoms with van der Waals surface area (Å²) in [5.41, 5.74) is 5.66. The van der Waals surface area contributed by atoms with Gasteiger partial charge in [0.25, 0.3) is 0 Å². The predicted octanol–water partition coefficient (Wildman–Crippen LogP) is 4.21. The van der Waals surface area contributed by atoms with Gasteiger partial charge in [-0.25, -0.2) is 0 Å². The largest absolute Gasteiger partial charge is 0.310 e. The smallest absolute Gasteiger partial charge is 0.0213 e. The predicted molar refractivity (Wildman–Crippen MR) is 94.0 cm³/mol. The van der Waals surface area contributed by atoms with E-state index in [1.165, 1.54) is 54.7 Å². The van der Waals surface area contributed by atoms with Crippen LogP contribution >= 0.6 is 0 Å². The third kappa shape index (κ3) is 6.19. The Hall–Kier alpha value is -0.860. The van der Waals surface area contributed by atoms with Gasteiger partial charge in [-0.15, -0.1) is 0 Å². The molecule has 0 radical (unpaired) electrons. The lowest BCUT2D eigenvalue weighted by atomic mass is 9.99. The second kappa shape index (κ2) is 9.22. The van der Waals surface area contributed by atoms with Gasteiger partial charge in [-0.3, -0.25) is 0 Å². The highest BCUT2D eigenvalue weighted by Gasteiger charge is 2.07. The first-order chi connectivity index (χ1) is 9.97. The van der Waals surface area contributed by atoms with Crippen LogP contribution in [0.3, 0.4) is 0 Å². The first kappa shape index (κ1) is 18.2. The first-order valence-electron chi connectivity index (χ1n) is 8.50. The Labute approximate surface area is 131 Å². The van der Waals surface area contributed by atoms with Crippen LogP contribution in [0.2, 0.25) is 0 Å². The van der Waals surface area contributed by atoms with Crippen molar-refractivity contribution in [2.24, 2.45) is 0 Å². The molecular formula is C19H34N2. The molecule has 21 heavy (non-hydrogen) atoms. The van der Waals surface area contributed by atoms with Crippen LogP contribution in [0, 0.1) is 20.8 Å². The molecule has 1 rings (SSSR count). The summed E-state index contributed by atoms with van der Waals surface area (Å²) in [6.07, 6.45) is 2.53. The van der Waals surface area contributed by atoms with Crippen LogP contribution < -0.4 is 5.32 Å². The Balaban J connectivity index is 2.38. The average molecular weight is 290 g/mol. The van der Waals surface area contributed by atoms with Gasteiger partial charge in [0.2, 0.25) is 0 Å². The van der Waals surface area contributed by atoms with E-state index in [1.807, 2.05) is 0 Å². The molecule has 0 amide bonds. The first-order valence-corrected chi connectivity index (χ1v) is 8.50. The zero-order valence-electron chi connectivity index (χ0n) is 14.9. The molecule has 1 atom stereocenters. The van der Waals surface area contributed by atoms with Gasteiger partial charge >= 0.3 is 0 Å². The lowest BCUT2D eigenvalue weighted by Gasteiger charge is -2.20. The second-order valence-corrected chi connectivity index (χ2v) is 6.33. The molecule has 2 heteroatoms. The molecule has 0 saturated carbocycles. The minimum absolute atomic E-state index is 0.584. The van der Waals surface area contributed by atoms with E-state index in [9.17, 15) is 0 Å². The zero-order chi connectivity index (χ0) is 15.8. The molecule has 0 heterocycles. The zero-order valence-corrected chi connectivity index (χ0v) is 14.9. The van der Waals surface area contributed by atoms with E-state index < -0.39 is 0 Å². The number of hydrogen-bond donors (Lipinski definition) is 1. The van der Waals surface area contributed by atoms with Crippen LogP contribution in [0.25, 0.3) is 0 Å². The molecule has 120 valence electrons. The Kier molecular flexibility index (Phi) is 7.98. The van der Waals surface area contributed by atoms with Gasteiger partial charge in [-0.1, -0.05) is 31.5 Å². The summed E-state index contributed by atoms with van der Waals surface area (Å²) in [5.74, 6) is 0. The Morgan fingerprint density at radius 1 is 1.05 bits per heavy atom. The van der Waals surface area contributed by atoms with E-state index in [2.05, 4.69) is 63.9 Å². The Morgan fingerprint density at radius 2 is 1.62 bits per heavy atom. The molecule has 0 aliphatic heterocycles. The maximum absolute atomic E-state index is 3.69. The van der Waals surface area contributed by atoms with E-state index >= 15 is 0 Å². The maximum atomic E-state index is 3.69. The second-order valence-electron chi connectivity index (χ2n) is 6.33. The van der Waals surface area contributed by atoms with Crippen molar-refractivity contribution in [3.63, 3.8) is 0 Å². The Morgan fingerprint density at radius 3 is 2.14 bits per heavy atom. The number of rotatable bonds is 9. The minimum atomic E-state index is 0.584. The van der Waals surface area contributed by atoms with E-state index in [4.69, 9.17) is 0 Å². The van der Waals surface area contributed by atoms with E-state index in [1.54, 1.807) is 0 Å². The number of hydrogen-bond acceptors (Lipinski definition) is 2. The summed E-state index contributed by atoms with van der Waals surface area (Å²) >= 11 is 0. The third-order valence-electron chi connectivity index (χ3n) is 4.47. The van der Waals surface area contributed by atoms with Gasteiger partial charge in [0.15, 0.2) is 0 Å². The monoisotopic (exact) mass is 290 g/mol. The van der Waals surface area contributed by atoms with Crippen molar-refractivity contribution in [2.45, 2.75) is 67.0 Å². The summed E-state index contributed by atoms with van der Waals surface area (Å²) in [4.78, 5) is 2.50. The fourth-order valence-corrected chi connectivity index (χ4v) is 3.03. The molecule has 0 aliphatic carbocycles. The summed E-state index contributed by atoms with van der Waals surface area (Å²) in [7, 11) is 0. The fraction of sp³-hybridized carbons (Fsp3) is 0.684. The highest BCUT2D eigenvalue weighted by molar-refractivity contribution is 5.37. The summed E-state index contributed by atoms with van der Waals surface area (Å²) in [6, 6.07) is 5.16. The molecule has 0 aromatic heterocycles. The molecule has 0 fully saturated rings. The normalized spacial score (nSPS) is 12.9. The topological polar surface area (TPSA) is 15.3 Å². The van der Waals surface area contributed by atoms with Crippen molar-refractivity contribution in [2.75, 3.05) is 19.6 Å². The SMILES string of the molecule is CCN(CC)CCCC(C)NCc1c(C)cc(C)cc1C. The van der Waals surface area contributed by atoms with Crippen LogP contribution in [0.15, 0.2) is 12.1 Å². The highest BCUT2D eigenvalue weighted by Crippen LogP contribution is 2.16. The van der Waals surface area contributed by atoms with Crippen molar-refractivity contribution in [1.29, 1.82) is 0 Å². The van der Waals surface area contributed by atoms with Crippen molar-refractivity contribution in [3.8, 4) is 0 Å². The summed E-state index contributed by atoms with van der Waals surface area (Å²) < 4.78 is 0. The van der Waals surface area contributed by atoms with Crippen LogP contribution in [0.4, 0.5) is 0 Å². The number of nitrogens with one attached hydrogen (secondary N) is 1. The average Bonchev–Trinajstić information content (AvgIpc) is 2.42. The van der Waals surface area contributed by atoms with E-state index in [-0.39, 0.29) is 0 Å². The van der Waals surface area contributed by atoms with E-state index in [0.717, 1.165) is 6.54 Å². The molecule has 1 aromatic carbocycles. The van der Waals surface area contributed by atoms with Crippen molar-refractivity contribution in [1.82, 2.24) is 10.2 Å². The lowest BCUT2D eigenvalue weighted by Crippen LogP contribution is -2.29. The molecule has 0 bridgehead atoms. The van der Waals surface area contributed by atoms with Crippen LogP contribution in [0.5, 0.6) is 0 Å². The van der Waals surface area contributed by atoms with E-state index in [0.29, 0.717) is 6.04 Å². The standard InChI is InChI=1S/C19H34N2/c1-7-21(8-2)11-9-10-18(6)20-14-19-16(4)12-15(3)13-17(19)5/h12-13,18,20H,7-11,14H2,1-6H3. The molecule has 0 spiro atoms. The molecule has 2 nitrogen and oxygen atoms in total. The summed E-state index contributed by atoms with van der Waals surface area (Å²) in [6.45, 7) is 18.0. The number of benzene rings is 1. The van der Waals surface area contributed by atoms with Gasteiger partial charge in [0.05, 0.1) is 0 Å². The maximum Gasteiger partial charge on any atom is 0.0213 e.